The monoisotopic (exact) mass is 210 g/mol. The Kier molecular flexibility index (Phi) is 1.60. The van der Waals surface area contributed by atoms with Gasteiger partial charge >= 0.3 is 0 Å². The Bertz CT molecular complexity index is 606. The molecule has 0 amide bonds. The standard InChI is InChI=1S/C13H10N2O/c14-12-4-3-10-9-2-1-8(16)5-7(9)6-11(10)13(12)15/h1-6,15-16H,14H2. The number of fused-ring (bicyclic) bond motifs is 3. The number of rotatable bonds is 0. The lowest BCUT2D eigenvalue weighted by Crippen LogP contribution is -2.15. The Morgan fingerprint density at radius 3 is 2.75 bits per heavy atom. The summed E-state index contributed by atoms with van der Waals surface area (Å²) < 4.78 is 0. The van der Waals surface area contributed by atoms with Crippen LogP contribution in [0.15, 0.2) is 41.6 Å². The molecule has 0 aliphatic heterocycles. The summed E-state index contributed by atoms with van der Waals surface area (Å²) >= 11 is 0. The molecule has 3 heteroatoms. The van der Waals surface area contributed by atoms with Gasteiger partial charge in [-0.2, -0.15) is 0 Å². The van der Waals surface area contributed by atoms with E-state index in [-0.39, 0.29) is 5.75 Å². The van der Waals surface area contributed by atoms with Gasteiger partial charge in [0.15, 0.2) is 0 Å². The second-order valence-electron chi connectivity index (χ2n) is 3.91. The van der Waals surface area contributed by atoms with Crippen LogP contribution in [-0.2, 0) is 0 Å². The van der Waals surface area contributed by atoms with Crippen molar-refractivity contribution in [3.05, 3.63) is 52.7 Å². The molecule has 0 heterocycles. The Labute approximate surface area is 92.7 Å². The fraction of sp³-hybridized carbons (Fsp3) is 0. The van der Waals surface area contributed by atoms with E-state index in [1.165, 1.54) is 0 Å². The average Bonchev–Trinajstić information content (AvgIpc) is 2.62. The van der Waals surface area contributed by atoms with Crippen molar-refractivity contribution in [2.24, 2.45) is 5.73 Å². The summed E-state index contributed by atoms with van der Waals surface area (Å²) in [5.41, 5.74) is 10.4. The number of allylic oxidation sites excluding steroid dienone is 4. The van der Waals surface area contributed by atoms with Crippen LogP contribution in [0.4, 0.5) is 0 Å². The van der Waals surface area contributed by atoms with Gasteiger partial charge in [-0.25, -0.2) is 0 Å². The third-order valence-corrected chi connectivity index (χ3v) is 2.90. The van der Waals surface area contributed by atoms with E-state index in [9.17, 15) is 5.11 Å². The van der Waals surface area contributed by atoms with Crippen molar-refractivity contribution in [2.45, 2.75) is 0 Å². The molecule has 78 valence electrons. The zero-order valence-corrected chi connectivity index (χ0v) is 8.49. The van der Waals surface area contributed by atoms with Gasteiger partial charge in [-0.3, -0.25) is 5.41 Å². The van der Waals surface area contributed by atoms with Crippen molar-refractivity contribution >= 4 is 17.4 Å². The van der Waals surface area contributed by atoms with Crippen molar-refractivity contribution in [3.63, 3.8) is 0 Å². The molecule has 0 aromatic heterocycles. The molecule has 0 saturated carbocycles. The first kappa shape index (κ1) is 8.97. The Balaban J connectivity index is 2.24. The molecule has 0 bridgehead atoms. The molecular formula is C13H10N2O. The molecule has 1 aromatic carbocycles. The average molecular weight is 210 g/mol. The number of hydrogen-bond donors (Lipinski definition) is 3. The Morgan fingerprint density at radius 1 is 1.12 bits per heavy atom. The number of phenols is 1. The molecule has 1 aromatic rings. The first-order valence-electron chi connectivity index (χ1n) is 4.99. The molecule has 0 atom stereocenters. The molecule has 0 saturated heterocycles. The fourth-order valence-electron chi connectivity index (χ4n) is 2.09. The second kappa shape index (κ2) is 2.85. The van der Waals surface area contributed by atoms with Crippen LogP contribution in [-0.4, -0.2) is 10.8 Å². The maximum Gasteiger partial charge on any atom is 0.116 e. The summed E-state index contributed by atoms with van der Waals surface area (Å²) in [7, 11) is 0. The molecule has 2 aliphatic carbocycles. The van der Waals surface area contributed by atoms with Crippen LogP contribution in [0.25, 0.3) is 11.6 Å². The van der Waals surface area contributed by atoms with Crippen molar-refractivity contribution in [1.82, 2.24) is 0 Å². The number of nitrogens with two attached hydrogens (primary N) is 1. The van der Waals surface area contributed by atoms with Crippen molar-refractivity contribution in [1.29, 1.82) is 5.41 Å². The minimum Gasteiger partial charge on any atom is -0.508 e. The smallest absolute Gasteiger partial charge is 0.116 e. The summed E-state index contributed by atoms with van der Waals surface area (Å²) in [5.74, 6) is 0.238. The zero-order chi connectivity index (χ0) is 11.3. The Hall–Kier alpha value is -2.29. The number of hydrogen-bond acceptors (Lipinski definition) is 3. The third kappa shape index (κ3) is 1.05. The maximum absolute atomic E-state index is 9.41. The molecule has 16 heavy (non-hydrogen) atoms. The summed E-state index contributed by atoms with van der Waals surface area (Å²) in [6, 6.07) is 5.22. The van der Waals surface area contributed by atoms with Gasteiger partial charge < -0.3 is 10.8 Å². The van der Waals surface area contributed by atoms with E-state index in [0.29, 0.717) is 11.4 Å². The summed E-state index contributed by atoms with van der Waals surface area (Å²) in [5, 5.41) is 17.3. The summed E-state index contributed by atoms with van der Waals surface area (Å²) in [6.07, 6.45) is 5.56. The van der Waals surface area contributed by atoms with Gasteiger partial charge in [0.1, 0.15) is 5.75 Å². The van der Waals surface area contributed by atoms with Gasteiger partial charge in [0, 0.05) is 5.57 Å². The van der Waals surface area contributed by atoms with E-state index in [4.69, 9.17) is 11.1 Å². The molecule has 0 unspecified atom stereocenters. The normalized spacial score (nSPS) is 17.2. The minimum atomic E-state index is 0.238. The van der Waals surface area contributed by atoms with E-state index in [0.717, 1.165) is 22.3 Å². The molecule has 0 fully saturated rings. The molecule has 3 rings (SSSR count). The molecule has 4 N–H and O–H groups in total. The van der Waals surface area contributed by atoms with Gasteiger partial charge in [-0.15, -0.1) is 0 Å². The third-order valence-electron chi connectivity index (χ3n) is 2.90. The highest BCUT2D eigenvalue weighted by molar-refractivity contribution is 6.26. The number of benzene rings is 1. The van der Waals surface area contributed by atoms with Crippen molar-refractivity contribution in [3.8, 4) is 5.75 Å². The number of aromatic hydroxyl groups is 1. The topological polar surface area (TPSA) is 70.1 Å². The predicted octanol–water partition coefficient (Wildman–Crippen LogP) is 2.05. The van der Waals surface area contributed by atoms with Crippen LogP contribution < -0.4 is 5.73 Å². The first-order valence-corrected chi connectivity index (χ1v) is 4.99. The van der Waals surface area contributed by atoms with E-state index < -0.39 is 0 Å². The number of nitrogens with one attached hydrogen (secondary N) is 1. The lowest BCUT2D eigenvalue weighted by Gasteiger charge is -2.13. The molecule has 3 nitrogen and oxygen atoms in total. The highest BCUT2D eigenvalue weighted by Crippen LogP contribution is 2.39. The van der Waals surface area contributed by atoms with Gasteiger partial charge in [0.2, 0.25) is 0 Å². The van der Waals surface area contributed by atoms with Crippen LogP contribution in [0.5, 0.6) is 5.75 Å². The molecular weight excluding hydrogens is 200 g/mol. The van der Waals surface area contributed by atoms with Gasteiger partial charge in [-0.05, 0) is 41.0 Å². The van der Waals surface area contributed by atoms with E-state index >= 15 is 0 Å². The van der Waals surface area contributed by atoms with Gasteiger partial charge in [-0.1, -0.05) is 12.1 Å². The van der Waals surface area contributed by atoms with Gasteiger partial charge in [0.25, 0.3) is 0 Å². The van der Waals surface area contributed by atoms with Crippen LogP contribution in [0, 0.1) is 5.41 Å². The molecule has 0 spiro atoms. The van der Waals surface area contributed by atoms with E-state index in [1.54, 1.807) is 18.2 Å². The summed E-state index contributed by atoms with van der Waals surface area (Å²) in [4.78, 5) is 0. The van der Waals surface area contributed by atoms with Crippen LogP contribution in [0.2, 0.25) is 0 Å². The minimum absolute atomic E-state index is 0.238. The van der Waals surface area contributed by atoms with Crippen LogP contribution in [0.1, 0.15) is 11.1 Å². The van der Waals surface area contributed by atoms with Crippen molar-refractivity contribution in [2.75, 3.05) is 0 Å². The van der Waals surface area contributed by atoms with Crippen molar-refractivity contribution < 1.29 is 5.11 Å². The highest BCUT2D eigenvalue weighted by atomic mass is 16.3. The largest absolute Gasteiger partial charge is 0.508 e. The quantitative estimate of drug-likeness (QED) is 0.613. The zero-order valence-electron chi connectivity index (χ0n) is 8.49. The van der Waals surface area contributed by atoms with Gasteiger partial charge in [0.05, 0.1) is 11.4 Å². The molecule has 2 aliphatic rings. The first-order chi connectivity index (χ1) is 7.66. The lowest BCUT2D eigenvalue weighted by atomic mass is 9.94. The Morgan fingerprint density at radius 2 is 1.94 bits per heavy atom. The number of phenolic OH excluding ortho intramolecular Hbond substituents is 1. The molecule has 0 radical (unpaired) electrons. The van der Waals surface area contributed by atoms with E-state index in [1.807, 2.05) is 18.2 Å². The second-order valence-corrected chi connectivity index (χ2v) is 3.91. The maximum atomic E-state index is 9.41. The SMILES string of the molecule is N=C1C(N)=CC=C2C1=Cc1cc(O)ccc12. The van der Waals surface area contributed by atoms with Crippen LogP contribution >= 0.6 is 0 Å². The summed E-state index contributed by atoms with van der Waals surface area (Å²) in [6.45, 7) is 0. The van der Waals surface area contributed by atoms with Crippen LogP contribution in [0.3, 0.4) is 0 Å². The lowest BCUT2D eigenvalue weighted by molar-refractivity contribution is 0.475. The van der Waals surface area contributed by atoms with E-state index in [2.05, 4.69) is 0 Å². The highest BCUT2D eigenvalue weighted by Gasteiger charge is 2.24. The predicted molar refractivity (Wildman–Crippen MR) is 64.1 cm³/mol. The fourth-order valence-corrected chi connectivity index (χ4v) is 2.09.